The average Bonchev–Trinajstić information content (AvgIpc) is 3.05. The Morgan fingerprint density at radius 1 is 1.05 bits per heavy atom. The van der Waals surface area contributed by atoms with Crippen LogP contribution in [0.1, 0.15) is 56.2 Å². The fourth-order valence-electron chi connectivity index (χ4n) is 3.67. The number of hydrogen-bond donors (Lipinski definition) is 0. The predicted octanol–water partition coefficient (Wildman–Crippen LogP) is 3.96. The van der Waals surface area contributed by atoms with E-state index >= 15 is 0 Å². The summed E-state index contributed by atoms with van der Waals surface area (Å²) >= 11 is 1.77. The monoisotopic (exact) mass is 277 g/mol. The molecule has 1 saturated carbocycles. The van der Waals surface area contributed by atoms with Gasteiger partial charge in [0.05, 0.1) is 5.41 Å². The second-order valence-corrected chi connectivity index (χ2v) is 6.92. The molecule has 2 fully saturated rings. The molecule has 0 aromatic carbocycles. The van der Waals surface area contributed by atoms with Crippen LogP contribution in [0.15, 0.2) is 17.5 Å². The lowest BCUT2D eigenvalue weighted by Gasteiger charge is -2.33. The third-order valence-corrected chi connectivity index (χ3v) is 5.83. The van der Waals surface area contributed by atoms with E-state index in [0.717, 1.165) is 25.9 Å². The van der Waals surface area contributed by atoms with Crippen LogP contribution in [0.2, 0.25) is 0 Å². The van der Waals surface area contributed by atoms with Gasteiger partial charge in [-0.1, -0.05) is 31.7 Å². The molecule has 1 aromatic heterocycles. The van der Waals surface area contributed by atoms with E-state index < -0.39 is 0 Å². The third-order valence-electron chi connectivity index (χ3n) is 4.75. The molecule has 0 spiro atoms. The standard InChI is InChI=1S/C16H23NOS/c18-15(17-11-5-1-2-6-12-17)16(9-3-4-10-16)14-8-7-13-19-14/h7-8,13H,1-6,9-12H2. The van der Waals surface area contributed by atoms with Crippen LogP contribution in [-0.4, -0.2) is 23.9 Å². The van der Waals surface area contributed by atoms with Crippen LogP contribution in [0, 0.1) is 0 Å². The molecule has 0 atom stereocenters. The van der Waals surface area contributed by atoms with Crippen LogP contribution < -0.4 is 0 Å². The summed E-state index contributed by atoms with van der Waals surface area (Å²) in [6.45, 7) is 1.96. The molecule has 19 heavy (non-hydrogen) atoms. The lowest BCUT2D eigenvalue weighted by atomic mass is 9.82. The quantitative estimate of drug-likeness (QED) is 0.801. The van der Waals surface area contributed by atoms with Crippen LogP contribution in [-0.2, 0) is 10.2 Å². The highest BCUT2D eigenvalue weighted by molar-refractivity contribution is 7.10. The summed E-state index contributed by atoms with van der Waals surface area (Å²) in [4.78, 5) is 16.6. The maximum atomic E-state index is 13.1. The van der Waals surface area contributed by atoms with Crippen molar-refractivity contribution < 1.29 is 4.79 Å². The lowest BCUT2D eigenvalue weighted by molar-refractivity contribution is -0.137. The Morgan fingerprint density at radius 2 is 1.74 bits per heavy atom. The van der Waals surface area contributed by atoms with E-state index in [4.69, 9.17) is 0 Å². The van der Waals surface area contributed by atoms with Crippen LogP contribution in [0.4, 0.5) is 0 Å². The maximum Gasteiger partial charge on any atom is 0.234 e. The molecule has 0 radical (unpaired) electrons. The van der Waals surface area contributed by atoms with Crippen molar-refractivity contribution in [1.29, 1.82) is 0 Å². The van der Waals surface area contributed by atoms with Crippen molar-refractivity contribution >= 4 is 17.2 Å². The zero-order chi connectivity index (χ0) is 13.1. The second kappa shape index (κ2) is 5.66. The van der Waals surface area contributed by atoms with Crippen LogP contribution in [0.3, 0.4) is 0 Å². The van der Waals surface area contributed by atoms with Gasteiger partial charge in [0.25, 0.3) is 0 Å². The van der Waals surface area contributed by atoms with Gasteiger partial charge < -0.3 is 4.90 Å². The van der Waals surface area contributed by atoms with Gasteiger partial charge in [-0.05, 0) is 37.1 Å². The Kier molecular flexibility index (Phi) is 3.92. The first-order valence-corrected chi connectivity index (χ1v) is 8.54. The summed E-state index contributed by atoms with van der Waals surface area (Å²) in [6, 6.07) is 4.27. The minimum absolute atomic E-state index is 0.168. The molecule has 1 amide bonds. The van der Waals surface area contributed by atoms with E-state index in [-0.39, 0.29) is 5.41 Å². The summed E-state index contributed by atoms with van der Waals surface area (Å²) in [5, 5.41) is 2.12. The third kappa shape index (κ3) is 2.45. The van der Waals surface area contributed by atoms with Gasteiger partial charge in [-0.3, -0.25) is 4.79 Å². The molecule has 1 saturated heterocycles. The highest BCUT2D eigenvalue weighted by atomic mass is 32.1. The van der Waals surface area contributed by atoms with Crippen LogP contribution >= 0.6 is 11.3 Å². The number of nitrogens with zero attached hydrogens (tertiary/aromatic N) is 1. The van der Waals surface area contributed by atoms with Crippen molar-refractivity contribution in [3.8, 4) is 0 Å². The van der Waals surface area contributed by atoms with Crippen molar-refractivity contribution in [2.45, 2.75) is 56.8 Å². The zero-order valence-corrected chi connectivity index (χ0v) is 12.4. The predicted molar refractivity (Wildman–Crippen MR) is 79.5 cm³/mol. The molecule has 3 rings (SSSR count). The van der Waals surface area contributed by atoms with Gasteiger partial charge in [-0.25, -0.2) is 0 Å². The largest absolute Gasteiger partial charge is 0.342 e. The second-order valence-electron chi connectivity index (χ2n) is 5.97. The van der Waals surface area contributed by atoms with E-state index in [1.807, 2.05) is 0 Å². The van der Waals surface area contributed by atoms with Gasteiger partial charge in [-0.2, -0.15) is 0 Å². The molecule has 2 heterocycles. The minimum Gasteiger partial charge on any atom is -0.342 e. The summed E-state index contributed by atoms with van der Waals surface area (Å²) in [7, 11) is 0. The Bertz CT molecular complexity index is 412. The first-order chi connectivity index (χ1) is 9.33. The van der Waals surface area contributed by atoms with Crippen molar-refractivity contribution in [3.63, 3.8) is 0 Å². The summed E-state index contributed by atoms with van der Waals surface area (Å²) in [5.41, 5.74) is -0.168. The van der Waals surface area contributed by atoms with E-state index in [9.17, 15) is 4.79 Å². The normalized spacial score (nSPS) is 23.3. The van der Waals surface area contributed by atoms with Crippen LogP contribution in [0.5, 0.6) is 0 Å². The Hall–Kier alpha value is -0.830. The molecule has 0 N–H and O–H groups in total. The van der Waals surface area contributed by atoms with E-state index in [2.05, 4.69) is 22.4 Å². The van der Waals surface area contributed by atoms with Crippen molar-refractivity contribution in [2.75, 3.05) is 13.1 Å². The highest BCUT2D eigenvalue weighted by Crippen LogP contribution is 2.44. The molecule has 1 aliphatic heterocycles. The Balaban J connectivity index is 1.85. The molecule has 0 unspecified atom stereocenters. The molecule has 3 heteroatoms. The van der Waals surface area contributed by atoms with Gasteiger partial charge >= 0.3 is 0 Å². The molecule has 1 aromatic rings. The first-order valence-electron chi connectivity index (χ1n) is 7.66. The number of likely N-dealkylation sites (tertiary alicyclic amines) is 1. The number of hydrogen-bond acceptors (Lipinski definition) is 2. The fraction of sp³-hybridized carbons (Fsp3) is 0.688. The Morgan fingerprint density at radius 3 is 2.32 bits per heavy atom. The molecule has 2 nitrogen and oxygen atoms in total. The van der Waals surface area contributed by atoms with Gasteiger partial charge in [0.1, 0.15) is 0 Å². The number of carbonyl (C=O) groups excluding carboxylic acids is 1. The fourth-order valence-corrected chi connectivity index (χ4v) is 4.65. The van der Waals surface area contributed by atoms with E-state index in [1.54, 1.807) is 11.3 Å². The van der Waals surface area contributed by atoms with Crippen molar-refractivity contribution in [1.82, 2.24) is 4.90 Å². The SMILES string of the molecule is O=C(N1CCCCCC1)C1(c2cccs2)CCCC1. The molecule has 2 aliphatic rings. The summed E-state index contributed by atoms with van der Waals surface area (Å²) in [6.07, 6.45) is 9.48. The highest BCUT2D eigenvalue weighted by Gasteiger charge is 2.45. The summed E-state index contributed by atoms with van der Waals surface area (Å²) < 4.78 is 0. The smallest absolute Gasteiger partial charge is 0.234 e. The maximum absolute atomic E-state index is 13.1. The number of thiophene rings is 1. The molecule has 1 aliphatic carbocycles. The number of carbonyl (C=O) groups is 1. The van der Waals surface area contributed by atoms with Crippen molar-refractivity contribution in [3.05, 3.63) is 22.4 Å². The first kappa shape index (κ1) is 13.2. The van der Waals surface area contributed by atoms with E-state index in [1.165, 1.54) is 43.4 Å². The molecular formula is C16H23NOS. The molecule has 0 bridgehead atoms. The Labute approximate surface area is 119 Å². The minimum atomic E-state index is -0.168. The van der Waals surface area contributed by atoms with Gasteiger partial charge in [0.2, 0.25) is 5.91 Å². The van der Waals surface area contributed by atoms with Gasteiger partial charge in [-0.15, -0.1) is 11.3 Å². The number of rotatable bonds is 2. The molecular weight excluding hydrogens is 254 g/mol. The average molecular weight is 277 g/mol. The van der Waals surface area contributed by atoms with Crippen molar-refractivity contribution in [2.24, 2.45) is 0 Å². The zero-order valence-electron chi connectivity index (χ0n) is 11.6. The van der Waals surface area contributed by atoms with E-state index in [0.29, 0.717) is 5.91 Å². The number of amides is 1. The van der Waals surface area contributed by atoms with Crippen LogP contribution in [0.25, 0.3) is 0 Å². The van der Waals surface area contributed by atoms with Gasteiger partial charge in [0, 0.05) is 18.0 Å². The topological polar surface area (TPSA) is 20.3 Å². The van der Waals surface area contributed by atoms with Gasteiger partial charge in [0.15, 0.2) is 0 Å². The molecule has 104 valence electrons. The summed E-state index contributed by atoms with van der Waals surface area (Å²) in [5.74, 6) is 0.425. The lowest BCUT2D eigenvalue weighted by Crippen LogP contribution is -2.45.